The van der Waals surface area contributed by atoms with Crippen molar-refractivity contribution in [3.63, 3.8) is 0 Å². The molecule has 0 amide bonds. The molecule has 1 heterocycles. The molecule has 5 heteroatoms. The summed E-state index contributed by atoms with van der Waals surface area (Å²) in [7, 11) is -3.69. The quantitative estimate of drug-likeness (QED) is 0.795. The number of hydrogen-bond acceptors (Lipinski definition) is 3. The molecule has 1 aromatic carbocycles. The summed E-state index contributed by atoms with van der Waals surface area (Å²) in [6, 6.07) is 11.1. The zero-order valence-electron chi connectivity index (χ0n) is 9.91. The van der Waals surface area contributed by atoms with Gasteiger partial charge in [0, 0.05) is 12.6 Å². The maximum atomic E-state index is 12.3. The van der Waals surface area contributed by atoms with Crippen molar-refractivity contribution in [1.29, 1.82) is 0 Å². The van der Waals surface area contributed by atoms with Crippen molar-refractivity contribution in [2.75, 3.05) is 0 Å². The minimum atomic E-state index is -3.69. The van der Waals surface area contributed by atoms with Gasteiger partial charge < -0.3 is 0 Å². The largest absolute Gasteiger partial charge is 0.293 e. The van der Waals surface area contributed by atoms with Crippen LogP contribution in [0.2, 0.25) is 0 Å². The molecule has 18 heavy (non-hydrogen) atoms. The molecule has 0 aliphatic rings. The van der Waals surface area contributed by atoms with Crippen LogP contribution in [-0.2, 0) is 10.0 Å². The van der Waals surface area contributed by atoms with Crippen LogP contribution in [0.4, 0.5) is 0 Å². The summed E-state index contributed by atoms with van der Waals surface area (Å²) in [4.78, 5) is 11.9. The zero-order valence-corrected chi connectivity index (χ0v) is 10.7. The second-order valence-corrected chi connectivity index (χ2v) is 5.60. The molecule has 0 aliphatic heterocycles. The summed E-state index contributed by atoms with van der Waals surface area (Å²) in [5.41, 5.74) is 0.196. The molecule has 0 fully saturated rings. The van der Waals surface area contributed by atoms with Crippen molar-refractivity contribution < 1.29 is 13.2 Å². The van der Waals surface area contributed by atoms with E-state index in [2.05, 4.69) is 0 Å². The van der Waals surface area contributed by atoms with Crippen LogP contribution in [0.25, 0.3) is 0 Å². The van der Waals surface area contributed by atoms with Gasteiger partial charge in [-0.1, -0.05) is 25.1 Å². The Morgan fingerprint density at radius 3 is 2.39 bits per heavy atom. The molecule has 4 nitrogen and oxygen atoms in total. The first-order valence-electron chi connectivity index (χ1n) is 5.58. The van der Waals surface area contributed by atoms with Crippen molar-refractivity contribution >= 4 is 15.8 Å². The molecule has 0 saturated carbocycles. The van der Waals surface area contributed by atoms with Gasteiger partial charge in [0.1, 0.15) is 0 Å². The Morgan fingerprint density at radius 1 is 1.11 bits per heavy atom. The number of carbonyl (C=O) groups excluding carboxylic acids is 1. The number of Topliss-reactive ketones (excluding diaryl/α,β-unsaturated/α-hetero) is 1. The van der Waals surface area contributed by atoms with Gasteiger partial charge in [0.2, 0.25) is 0 Å². The number of hydrogen-bond donors (Lipinski definition) is 0. The van der Waals surface area contributed by atoms with Gasteiger partial charge >= 0.3 is 0 Å². The highest BCUT2D eigenvalue weighted by molar-refractivity contribution is 7.90. The highest BCUT2D eigenvalue weighted by atomic mass is 32.2. The Bertz CT molecular complexity index is 657. The van der Waals surface area contributed by atoms with Crippen LogP contribution in [0.5, 0.6) is 0 Å². The van der Waals surface area contributed by atoms with Crippen molar-refractivity contribution in [2.24, 2.45) is 0 Å². The fourth-order valence-corrected chi connectivity index (χ4v) is 3.06. The molecule has 0 atom stereocenters. The highest BCUT2D eigenvalue weighted by Crippen LogP contribution is 2.17. The van der Waals surface area contributed by atoms with Crippen LogP contribution in [0, 0.1) is 0 Å². The van der Waals surface area contributed by atoms with Crippen molar-refractivity contribution in [2.45, 2.75) is 18.2 Å². The van der Waals surface area contributed by atoms with Gasteiger partial charge in [-0.15, -0.1) is 0 Å². The fraction of sp³-hybridized carbons (Fsp3) is 0.154. The van der Waals surface area contributed by atoms with E-state index >= 15 is 0 Å². The van der Waals surface area contributed by atoms with Gasteiger partial charge in [-0.2, -0.15) is 0 Å². The number of rotatable bonds is 4. The van der Waals surface area contributed by atoms with Crippen molar-refractivity contribution in [3.8, 4) is 0 Å². The molecule has 2 aromatic rings. The van der Waals surface area contributed by atoms with Gasteiger partial charge in [0.25, 0.3) is 10.0 Å². The average molecular weight is 263 g/mol. The third-order valence-electron chi connectivity index (χ3n) is 2.62. The van der Waals surface area contributed by atoms with Crippen LogP contribution < -0.4 is 0 Å². The molecule has 0 N–H and O–H groups in total. The third-order valence-corrected chi connectivity index (χ3v) is 4.32. The summed E-state index contributed by atoms with van der Waals surface area (Å²) in [6.07, 6.45) is 1.67. The van der Waals surface area contributed by atoms with Gasteiger partial charge in [0.15, 0.2) is 5.78 Å². The first-order chi connectivity index (χ1) is 8.57. The molecular formula is C13H13NO3S. The molecular weight excluding hydrogens is 250 g/mol. The van der Waals surface area contributed by atoms with E-state index in [0.717, 1.165) is 3.97 Å². The van der Waals surface area contributed by atoms with E-state index in [-0.39, 0.29) is 22.8 Å². The second kappa shape index (κ2) is 4.78. The Kier molecular flexibility index (Phi) is 3.34. The number of ketones is 1. The average Bonchev–Trinajstić information content (AvgIpc) is 2.89. The van der Waals surface area contributed by atoms with E-state index in [1.54, 1.807) is 31.2 Å². The first-order valence-corrected chi connectivity index (χ1v) is 7.02. The maximum absolute atomic E-state index is 12.3. The summed E-state index contributed by atoms with van der Waals surface area (Å²) in [5, 5.41) is 0. The van der Waals surface area contributed by atoms with E-state index in [1.807, 2.05) is 0 Å². The van der Waals surface area contributed by atoms with Crippen LogP contribution in [-0.4, -0.2) is 18.2 Å². The van der Waals surface area contributed by atoms with E-state index < -0.39 is 10.0 Å². The Morgan fingerprint density at radius 2 is 1.78 bits per heavy atom. The van der Waals surface area contributed by atoms with Crippen LogP contribution in [0.3, 0.4) is 0 Å². The highest BCUT2D eigenvalue weighted by Gasteiger charge is 2.21. The van der Waals surface area contributed by atoms with E-state index in [9.17, 15) is 13.2 Å². The van der Waals surface area contributed by atoms with Crippen molar-refractivity contribution in [1.82, 2.24) is 3.97 Å². The Balaban J connectivity index is 2.56. The normalized spacial score (nSPS) is 11.4. The van der Waals surface area contributed by atoms with Gasteiger partial charge in [-0.3, -0.25) is 4.79 Å². The molecule has 94 valence electrons. The minimum absolute atomic E-state index is 0.173. The number of carbonyl (C=O) groups is 1. The van der Waals surface area contributed by atoms with Crippen molar-refractivity contribution in [3.05, 3.63) is 54.4 Å². The van der Waals surface area contributed by atoms with E-state index in [4.69, 9.17) is 0 Å². The second-order valence-electron chi connectivity index (χ2n) is 3.78. The standard InChI is InChI=1S/C13H13NO3S/c1-2-13(15)12-9-6-10-14(12)18(16,17)11-7-4-3-5-8-11/h3-10H,2H2,1H3. The van der Waals surface area contributed by atoms with Crippen LogP contribution >= 0.6 is 0 Å². The lowest BCUT2D eigenvalue weighted by atomic mass is 10.2. The molecule has 0 spiro atoms. The zero-order chi connectivity index (χ0) is 13.2. The summed E-state index contributed by atoms with van der Waals surface area (Å²) in [6.45, 7) is 1.70. The summed E-state index contributed by atoms with van der Waals surface area (Å²) in [5.74, 6) is -0.195. The molecule has 1 aromatic heterocycles. The smallest absolute Gasteiger partial charge is 0.268 e. The third kappa shape index (κ3) is 2.09. The molecule has 0 radical (unpaired) electrons. The molecule has 0 saturated heterocycles. The minimum Gasteiger partial charge on any atom is -0.293 e. The lowest BCUT2D eigenvalue weighted by Crippen LogP contribution is -2.17. The van der Waals surface area contributed by atoms with E-state index in [0.29, 0.717) is 0 Å². The molecule has 0 unspecified atom stereocenters. The summed E-state index contributed by atoms with van der Waals surface area (Å²) >= 11 is 0. The lowest BCUT2D eigenvalue weighted by Gasteiger charge is -2.09. The fourth-order valence-electron chi connectivity index (χ4n) is 1.68. The number of aromatic nitrogens is 1. The van der Waals surface area contributed by atoms with Crippen LogP contribution in [0.15, 0.2) is 53.6 Å². The molecule has 2 rings (SSSR count). The topological polar surface area (TPSA) is 56.1 Å². The number of nitrogens with zero attached hydrogens (tertiary/aromatic N) is 1. The summed E-state index contributed by atoms with van der Waals surface area (Å²) < 4.78 is 25.7. The molecule has 0 aliphatic carbocycles. The maximum Gasteiger partial charge on any atom is 0.268 e. The van der Waals surface area contributed by atoms with Crippen LogP contribution in [0.1, 0.15) is 23.8 Å². The van der Waals surface area contributed by atoms with Gasteiger partial charge in [-0.25, -0.2) is 12.4 Å². The predicted molar refractivity (Wildman–Crippen MR) is 68.1 cm³/mol. The Hall–Kier alpha value is -1.88. The SMILES string of the molecule is CCC(=O)c1cccn1S(=O)(=O)c1ccccc1. The first kappa shape index (κ1) is 12.6. The van der Waals surface area contributed by atoms with Gasteiger partial charge in [0.05, 0.1) is 10.6 Å². The molecule has 0 bridgehead atoms. The number of benzene rings is 1. The van der Waals surface area contributed by atoms with E-state index in [1.165, 1.54) is 24.4 Å². The monoisotopic (exact) mass is 263 g/mol. The lowest BCUT2D eigenvalue weighted by molar-refractivity contribution is 0.0982. The van der Waals surface area contributed by atoms with Gasteiger partial charge in [-0.05, 0) is 24.3 Å². The predicted octanol–water partition coefficient (Wildman–Crippen LogP) is 2.32. The Labute approximate surface area is 106 Å².